The molecule has 2 aromatic rings. The molecule has 1 aromatic carbocycles. The molecule has 9 heteroatoms. The van der Waals surface area contributed by atoms with Gasteiger partial charge < -0.3 is 4.74 Å². The van der Waals surface area contributed by atoms with E-state index in [-0.39, 0.29) is 17.9 Å². The molecule has 1 unspecified atom stereocenters. The summed E-state index contributed by atoms with van der Waals surface area (Å²) in [5.41, 5.74) is 0. The second-order valence-electron chi connectivity index (χ2n) is 5.56. The third-order valence-corrected chi connectivity index (χ3v) is 5.17. The maximum absolute atomic E-state index is 12.5. The summed E-state index contributed by atoms with van der Waals surface area (Å²) >= 11 is 0. The van der Waals surface area contributed by atoms with Crippen molar-refractivity contribution < 1.29 is 23.2 Å². The fraction of sp³-hybridized carbons (Fsp3) is 0.176. The van der Waals surface area contributed by atoms with E-state index in [0.717, 1.165) is 0 Å². The van der Waals surface area contributed by atoms with E-state index in [1.807, 2.05) is 0 Å². The van der Waals surface area contributed by atoms with Crippen LogP contribution < -0.4 is 9.46 Å². The lowest BCUT2D eigenvalue weighted by Gasteiger charge is -2.19. The molecule has 8 nitrogen and oxygen atoms in total. The number of aromatic nitrogens is 1. The Hall–Kier alpha value is -2.75. The van der Waals surface area contributed by atoms with Gasteiger partial charge in [-0.15, -0.1) is 0 Å². The lowest BCUT2D eigenvalue weighted by atomic mass is 10.2. The zero-order valence-corrected chi connectivity index (χ0v) is 14.5. The minimum absolute atomic E-state index is 0.00917. The van der Waals surface area contributed by atoms with Crippen LogP contribution in [0, 0.1) is 0 Å². The topological polar surface area (TPSA) is 109 Å². The molecule has 1 aromatic heterocycles. The summed E-state index contributed by atoms with van der Waals surface area (Å²) in [6, 6.07) is 8.09. The normalized spacial score (nSPS) is 17.8. The SMILES string of the molecule is O=C1C(NS(=O)(=O)c2ccc(Oc3ccncc3)cc2)CC=CCN1O. The second-order valence-corrected chi connectivity index (χ2v) is 7.27. The minimum atomic E-state index is -3.93. The van der Waals surface area contributed by atoms with E-state index < -0.39 is 22.0 Å². The summed E-state index contributed by atoms with van der Waals surface area (Å²) in [6.45, 7) is 0.0259. The van der Waals surface area contributed by atoms with Gasteiger partial charge in [0.15, 0.2) is 0 Å². The van der Waals surface area contributed by atoms with Gasteiger partial charge in [0.25, 0.3) is 5.91 Å². The number of carbonyl (C=O) groups is 1. The van der Waals surface area contributed by atoms with Crippen LogP contribution in [-0.2, 0) is 14.8 Å². The molecule has 1 aliphatic heterocycles. The maximum Gasteiger partial charge on any atom is 0.264 e. The number of pyridine rings is 1. The van der Waals surface area contributed by atoms with E-state index in [4.69, 9.17) is 4.74 Å². The first kappa shape index (κ1) is 18.1. The van der Waals surface area contributed by atoms with Crippen molar-refractivity contribution in [3.63, 3.8) is 0 Å². The highest BCUT2D eigenvalue weighted by Gasteiger charge is 2.29. The molecule has 3 rings (SSSR count). The lowest BCUT2D eigenvalue weighted by molar-refractivity contribution is -0.164. The van der Waals surface area contributed by atoms with Crippen LogP contribution in [0.15, 0.2) is 65.8 Å². The molecule has 0 aliphatic carbocycles. The second kappa shape index (κ2) is 7.65. The van der Waals surface area contributed by atoms with E-state index in [0.29, 0.717) is 16.6 Å². The van der Waals surface area contributed by atoms with Crippen LogP contribution in [0.3, 0.4) is 0 Å². The molecule has 136 valence electrons. The number of rotatable bonds is 5. The standard InChI is InChI=1S/C17H17N3O5S/c21-17-16(3-1-2-12-20(17)22)19-26(23,24)15-6-4-13(5-7-15)25-14-8-10-18-11-9-14/h1-2,4-11,16,19,22H,3,12H2. The van der Waals surface area contributed by atoms with E-state index in [9.17, 15) is 18.4 Å². The number of nitrogens with zero attached hydrogens (tertiary/aromatic N) is 2. The highest BCUT2D eigenvalue weighted by atomic mass is 32.2. The van der Waals surface area contributed by atoms with Crippen LogP contribution in [0.1, 0.15) is 6.42 Å². The molecular formula is C17H17N3O5S. The third kappa shape index (κ3) is 4.26. The first-order valence-electron chi connectivity index (χ1n) is 7.81. The van der Waals surface area contributed by atoms with Crippen LogP contribution in [0.2, 0.25) is 0 Å². The quantitative estimate of drug-likeness (QED) is 0.608. The number of amides is 1. The van der Waals surface area contributed by atoms with Crippen LogP contribution in [0.5, 0.6) is 11.5 Å². The van der Waals surface area contributed by atoms with Crippen LogP contribution in [-0.4, -0.2) is 42.2 Å². The highest BCUT2D eigenvalue weighted by molar-refractivity contribution is 7.89. The number of hydrogen-bond donors (Lipinski definition) is 2. The maximum atomic E-state index is 12.5. The average molecular weight is 375 g/mol. The van der Waals surface area contributed by atoms with Gasteiger partial charge in [-0.25, -0.2) is 13.5 Å². The van der Waals surface area contributed by atoms with Gasteiger partial charge in [0, 0.05) is 12.4 Å². The van der Waals surface area contributed by atoms with Crippen molar-refractivity contribution in [2.45, 2.75) is 17.4 Å². The van der Waals surface area contributed by atoms with Crippen molar-refractivity contribution in [2.24, 2.45) is 0 Å². The van der Waals surface area contributed by atoms with Crippen molar-refractivity contribution in [2.75, 3.05) is 6.54 Å². The van der Waals surface area contributed by atoms with Gasteiger partial charge in [0.2, 0.25) is 10.0 Å². The number of sulfonamides is 1. The number of hydroxylamine groups is 2. The molecule has 0 spiro atoms. The Balaban J connectivity index is 1.73. The average Bonchev–Trinajstić information content (AvgIpc) is 2.78. The zero-order chi connectivity index (χ0) is 18.6. The molecular weight excluding hydrogens is 358 g/mol. The summed E-state index contributed by atoms with van der Waals surface area (Å²) in [7, 11) is -3.93. The predicted octanol–water partition coefficient (Wildman–Crippen LogP) is 1.70. The number of hydrogen-bond acceptors (Lipinski definition) is 6. The number of ether oxygens (including phenoxy) is 1. The van der Waals surface area contributed by atoms with E-state index in [1.54, 1.807) is 36.7 Å². The first-order valence-corrected chi connectivity index (χ1v) is 9.29. The van der Waals surface area contributed by atoms with Gasteiger partial charge in [-0.3, -0.25) is 15.0 Å². The smallest absolute Gasteiger partial charge is 0.264 e. The Kier molecular flexibility index (Phi) is 5.31. The lowest BCUT2D eigenvalue weighted by Crippen LogP contribution is -2.46. The van der Waals surface area contributed by atoms with Crippen molar-refractivity contribution in [1.82, 2.24) is 14.8 Å². The zero-order valence-electron chi connectivity index (χ0n) is 13.6. The summed E-state index contributed by atoms with van der Waals surface area (Å²) in [6.07, 6.45) is 6.57. The van der Waals surface area contributed by atoms with E-state index in [1.165, 1.54) is 24.3 Å². The minimum Gasteiger partial charge on any atom is -0.457 e. The number of carbonyl (C=O) groups excluding carboxylic acids is 1. The molecule has 2 N–H and O–H groups in total. The fourth-order valence-corrected chi connectivity index (χ4v) is 3.56. The monoisotopic (exact) mass is 375 g/mol. The van der Waals surface area contributed by atoms with Gasteiger partial charge in [-0.05, 0) is 42.8 Å². The fourth-order valence-electron chi connectivity index (χ4n) is 2.36. The Bertz CT molecular complexity index is 898. The van der Waals surface area contributed by atoms with Crippen LogP contribution in [0.25, 0.3) is 0 Å². The van der Waals surface area contributed by atoms with Crippen molar-refractivity contribution in [3.05, 3.63) is 60.9 Å². The van der Waals surface area contributed by atoms with Gasteiger partial charge in [0.05, 0.1) is 11.4 Å². The van der Waals surface area contributed by atoms with Crippen LogP contribution in [0.4, 0.5) is 0 Å². The molecule has 0 saturated carbocycles. The Labute approximate surface area is 150 Å². The molecule has 1 amide bonds. The van der Waals surface area contributed by atoms with Crippen LogP contribution >= 0.6 is 0 Å². The van der Waals surface area contributed by atoms with E-state index in [2.05, 4.69) is 9.71 Å². The molecule has 1 aliphatic rings. The Morgan fingerprint density at radius 1 is 1.08 bits per heavy atom. The molecule has 1 atom stereocenters. The molecule has 0 saturated heterocycles. The van der Waals surface area contributed by atoms with Gasteiger partial charge in [0.1, 0.15) is 17.5 Å². The van der Waals surface area contributed by atoms with Gasteiger partial charge in [-0.2, -0.15) is 4.72 Å². The Morgan fingerprint density at radius 3 is 2.42 bits per heavy atom. The van der Waals surface area contributed by atoms with Crippen molar-refractivity contribution in [3.8, 4) is 11.5 Å². The highest BCUT2D eigenvalue weighted by Crippen LogP contribution is 2.22. The summed E-state index contributed by atoms with van der Waals surface area (Å²) in [5.74, 6) is 0.342. The molecule has 0 bridgehead atoms. The molecule has 26 heavy (non-hydrogen) atoms. The van der Waals surface area contributed by atoms with Gasteiger partial charge >= 0.3 is 0 Å². The van der Waals surface area contributed by atoms with Gasteiger partial charge in [-0.1, -0.05) is 12.2 Å². The predicted molar refractivity (Wildman–Crippen MR) is 92.1 cm³/mol. The Morgan fingerprint density at radius 2 is 1.73 bits per heavy atom. The summed E-state index contributed by atoms with van der Waals surface area (Å²) in [4.78, 5) is 15.9. The third-order valence-electron chi connectivity index (χ3n) is 3.69. The molecule has 0 fully saturated rings. The number of nitrogens with one attached hydrogen (secondary N) is 1. The summed E-state index contributed by atoms with van der Waals surface area (Å²) in [5, 5.41) is 10.0. The van der Waals surface area contributed by atoms with Crippen molar-refractivity contribution >= 4 is 15.9 Å². The summed E-state index contributed by atoms with van der Waals surface area (Å²) < 4.78 is 32.9. The van der Waals surface area contributed by atoms with Crippen molar-refractivity contribution in [1.29, 1.82) is 0 Å². The largest absolute Gasteiger partial charge is 0.457 e. The molecule has 0 radical (unpaired) electrons. The molecule has 2 heterocycles. The first-order chi connectivity index (χ1) is 12.5. The van der Waals surface area contributed by atoms with E-state index >= 15 is 0 Å². The number of benzene rings is 1.